The number of fused-ring (bicyclic) bond motifs is 1. The molecule has 132 valence electrons. The largest absolute Gasteiger partial charge is 0.368 e. The molecule has 4 rings (SSSR count). The molecule has 0 unspecified atom stereocenters. The number of nitrogens with zero attached hydrogens (tertiary/aromatic N) is 3. The van der Waals surface area contributed by atoms with E-state index in [4.69, 9.17) is 11.6 Å². The number of piperazine rings is 1. The van der Waals surface area contributed by atoms with Crippen LogP contribution in [0.15, 0.2) is 54.6 Å². The second-order valence-electron chi connectivity index (χ2n) is 6.63. The van der Waals surface area contributed by atoms with E-state index in [9.17, 15) is 4.79 Å². The van der Waals surface area contributed by atoms with Gasteiger partial charge in [-0.05, 0) is 36.8 Å². The Kier molecular flexibility index (Phi) is 4.51. The molecule has 1 amide bonds. The number of carbonyl (C=O) groups excluding carboxylic acids is 1. The zero-order valence-electron chi connectivity index (χ0n) is 14.7. The summed E-state index contributed by atoms with van der Waals surface area (Å²) in [5.41, 5.74) is 3.85. The van der Waals surface area contributed by atoms with E-state index in [0.29, 0.717) is 23.8 Å². The number of pyridine rings is 1. The summed E-state index contributed by atoms with van der Waals surface area (Å²) in [5.74, 6) is 0.0226. The molecule has 2 heterocycles. The van der Waals surface area contributed by atoms with Gasteiger partial charge in [0.2, 0.25) is 0 Å². The lowest BCUT2D eigenvalue weighted by atomic mass is 10.1. The molecular formula is C21H20ClN3O. The van der Waals surface area contributed by atoms with Crippen LogP contribution in [0.5, 0.6) is 0 Å². The maximum Gasteiger partial charge on any atom is 0.254 e. The first kappa shape index (κ1) is 16.9. The second-order valence-corrected chi connectivity index (χ2v) is 7.02. The van der Waals surface area contributed by atoms with Crippen LogP contribution in [0.2, 0.25) is 5.15 Å². The minimum absolute atomic E-state index is 0.0226. The highest BCUT2D eigenvalue weighted by atomic mass is 35.5. The van der Waals surface area contributed by atoms with E-state index in [1.54, 1.807) is 6.07 Å². The van der Waals surface area contributed by atoms with Crippen LogP contribution in [0.25, 0.3) is 10.9 Å². The molecule has 0 bridgehead atoms. The summed E-state index contributed by atoms with van der Waals surface area (Å²) in [6.07, 6.45) is 0. The fourth-order valence-electron chi connectivity index (χ4n) is 3.48. The molecule has 5 heteroatoms. The van der Waals surface area contributed by atoms with Crippen molar-refractivity contribution >= 4 is 34.1 Å². The van der Waals surface area contributed by atoms with Crippen molar-refractivity contribution in [3.8, 4) is 0 Å². The van der Waals surface area contributed by atoms with Crippen LogP contribution in [-0.2, 0) is 0 Å². The highest BCUT2D eigenvalue weighted by Crippen LogP contribution is 2.24. The molecule has 26 heavy (non-hydrogen) atoms. The van der Waals surface area contributed by atoms with Gasteiger partial charge >= 0.3 is 0 Å². The SMILES string of the molecule is Cc1cccc(N2CCN(C(=O)c3cc(Cl)nc4ccccc34)CC2)c1. The third-order valence-electron chi connectivity index (χ3n) is 4.85. The molecule has 1 aliphatic heterocycles. The smallest absolute Gasteiger partial charge is 0.254 e. The molecule has 0 spiro atoms. The van der Waals surface area contributed by atoms with Crippen LogP contribution < -0.4 is 4.90 Å². The molecule has 0 N–H and O–H groups in total. The monoisotopic (exact) mass is 365 g/mol. The van der Waals surface area contributed by atoms with Gasteiger partial charge in [0.05, 0.1) is 11.1 Å². The zero-order chi connectivity index (χ0) is 18.1. The van der Waals surface area contributed by atoms with Crippen LogP contribution in [-0.4, -0.2) is 42.0 Å². The number of rotatable bonds is 2. The molecular weight excluding hydrogens is 346 g/mol. The van der Waals surface area contributed by atoms with E-state index in [-0.39, 0.29) is 5.91 Å². The van der Waals surface area contributed by atoms with Crippen LogP contribution in [0, 0.1) is 6.92 Å². The van der Waals surface area contributed by atoms with E-state index in [1.165, 1.54) is 11.3 Å². The highest BCUT2D eigenvalue weighted by molar-refractivity contribution is 6.30. The summed E-state index contributed by atoms with van der Waals surface area (Å²) < 4.78 is 0. The number of amides is 1. The number of hydrogen-bond acceptors (Lipinski definition) is 3. The normalized spacial score (nSPS) is 14.7. The molecule has 3 aromatic rings. The molecule has 0 saturated carbocycles. The van der Waals surface area contributed by atoms with Crippen molar-refractivity contribution in [1.82, 2.24) is 9.88 Å². The lowest BCUT2D eigenvalue weighted by Gasteiger charge is -2.36. The van der Waals surface area contributed by atoms with Gasteiger partial charge in [-0.25, -0.2) is 4.98 Å². The molecule has 1 aromatic heterocycles. The van der Waals surface area contributed by atoms with Crippen molar-refractivity contribution in [2.24, 2.45) is 0 Å². The molecule has 1 aliphatic rings. The van der Waals surface area contributed by atoms with Crippen LogP contribution in [0.1, 0.15) is 15.9 Å². The Bertz CT molecular complexity index is 964. The van der Waals surface area contributed by atoms with E-state index >= 15 is 0 Å². The Morgan fingerprint density at radius 2 is 1.77 bits per heavy atom. The average molecular weight is 366 g/mol. The second kappa shape index (κ2) is 6.96. The van der Waals surface area contributed by atoms with Crippen molar-refractivity contribution in [3.63, 3.8) is 0 Å². The van der Waals surface area contributed by atoms with Crippen LogP contribution in [0.4, 0.5) is 5.69 Å². The summed E-state index contributed by atoms with van der Waals surface area (Å²) in [6.45, 7) is 5.14. The topological polar surface area (TPSA) is 36.4 Å². The Labute approximate surface area is 158 Å². The van der Waals surface area contributed by atoms with E-state index in [0.717, 1.165) is 24.0 Å². The van der Waals surface area contributed by atoms with E-state index in [1.807, 2.05) is 29.2 Å². The van der Waals surface area contributed by atoms with Crippen molar-refractivity contribution in [1.29, 1.82) is 0 Å². The fraction of sp³-hybridized carbons (Fsp3) is 0.238. The predicted octanol–water partition coefficient (Wildman–Crippen LogP) is 4.16. The number of carbonyl (C=O) groups is 1. The molecule has 4 nitrogen and oxygen atoms in total. The van der Waals surface area contributed by atoms with Gasteiger partial charge < -0.3 is 9.80 Å². The number of aromatic nitrogens is 1. The van der Waals surface area contributed by atoms with Crippen molar-refractivity contribution in [2.75, 3.05) is 31.1 Å². The Morgan fingerprint density at radius 3 is 2.54 bits per heavy atom. The summed E-state index contributed by atoms with van der Waals surface area (Å²) in [5, 5.41) is 1.20. The first-order chi connectivity index (χ1) is 12.6. The molecule has 2 aromatic carbocycles. The van der Waals surface area contributed by atoms with E-state index < -0.39 is 0 Å². The quantitative estimate of drug-likeness (QED) is 0.640. The number of aryl methyl sites for hydroxylation is 1. The van der Waals surface area contributed by atoms with Gasteiger partial charge in [0.1, 0.15) is 5.15 Å². The third-order valence-corrected chi connectivity index (χ3v) is 5.04. The van der Waals surface area contributed by atoms with Gasteiger partial charge in [0.25, 0.3) is 5.91 Å². The maximum atomic E-state index is 13.1. The minimum atomic E-state index is 0.0226. The Balaban J connectivity index is 1.54. The molecule has 0 aliphatic carbocycles. The summed E-state index contributed by atoms with van der Waals surface area (Å²) in [7, 11) is 0. The Hall–Kier alpha value is -2.59. The summed E-state index contributed by atoms with van der Waals surface area (Å²) in [6, 6.07) is 17.8. The van der Waals surface area contributed by atoms with Crippen molar-refractivity contribution in [2.45, 2.75) is 6.92 Å². The maximum absolute atomic E-state index is 13.1. The average Bonchev–Trinajstić information content (AvgIpc) is 2.67. The molecule has 1 fully saturated rings. The molecule has 0 atom stereocenters. The van der Waals surface area contributed by atoms with Crippen molar-refractivity contribution < 1.29 is 4.79 Å². The molecule has 0 radical (unpaired) electrons. The summed E-state index contributed by atoms with van der Waals surface area (Å²) in [4.78, 5) is 21.6. The lowest BCUT2D eigenvalue weighted by Crippen LogP contribution is -2.48. The number of hydrogen-bond donors (Lipinski definition) is 0. The zero-order valence-corrected chi connectivity index (χ0v) is 15.4. The lowest BCUT2D eigenvalue weighted by molar-refractivity contribution is 0.0748. The summed E-state index contributed by atoms with van der Waals surface area (Å²) >= 11 is 6.13. The van der Waals surface area contributed by atoms with Gasteiger partial charge in [-0.3, -0.25) is 4.79 Å². The minimum Gasteiger partial charge on any atom is -0.368 e. The van der Waals surface area contributed by atoms with Crippen molar-refractivity contribution in [3.05, 3.63) is 70.9 Å². The van der Waals surface area contributed by atoms with Gasteiger partial charge in [0.15, 0.2) is 0 Å². The highest BCUT2D eigenvalue weighted by Gasteiger charge is 2.24. The number of halogens is 1. The van der Waals surface area contributed by atoms with Gasteiger partial charge in [0, 0.05) is 37.3 Å². The fourth-order valence-corrected chi connectivity index (χ4v) is 3.68. The van der Waals surface area contributed by atoms with Gasteiger partial charge in [-0.2, -0.15) is 0 Å². The van der Waals surface area contributed by atoms with E-state index in [2.05, 4.69) is 41.1 Å². The number of para-hydroxylation sites is 1. The van der Waals surface area contributed by atoms with Gasteiger partial charge in [-0.1, -0.05) is 41.9 Å². The first-order valence-electron chi connectivity index (χ1n) is 8.78. The standard InChI is InChI=1S/C21H20ClN3O/c1-15-5-4-6-16(13-15)24-9-11-25(12-10-24)21(26)18-14-20(22)23-19-8-3-2-7-17(18)19/h2-8,13-14H,9-12H2,1H3. The third kappa shape index (κ3) is 3.25. The number of anilines is 1. The predicted molar refractivity (Wildman–Crippen MR) is 106 cm³/mol. The van der Waals surface area contributed by atoms with Crippen LogP contribution in [0.3, 0.4) is 0 Å². The number of benzene rings is 2. The Morgan fingerprint density at radius 1 is 1.00 bits per heavy atom. The van der Waals surface area contributed by atoms with Gasteiger partial charge in [-0.15, -0.1) is 0 Å². The first-order valence-corrected chi connectivity index (χ1v) is 9.16. The van der Waals surface area contributed by atoms with Crippen LogP contribution >= 0.6 is 11.6 Å². The molecule has 1 saturated heterocycles.